The SMILES string of the molecule is CCN(CC)CCOc1nc2sc(C)nc2c2ccccc12. The van der Waals surface area contributed by atoms with Crippen molar-refractivity contribution in [2.24, 2.45) is 0 Å². The van der Waals surface area contributed by atoms with E-state index in [9.17, 15) is 0 Å². The zero-order chi connectivity index (χ0) is 15.5. The number of aromatic nitrogens is 2. The second kappa shape index (κ2) is 6.58. The first-order chi connectivity index (χ1) is 10.7. The summed E-state index contributed by atoms with van der Waals surface area (Å²) in [6.07, 6.45) is 0. The summed E-state index contributed by atoms with van der Waals surface area (Å²) in [4.78, 5) is 12.6. The third kappa shape index (κ3) is 2.91. The molecule has 3 rings (SSSR count). The number of fused-ring (bicyclic) bond motifs is 3. The Hall–Kier alpha value is -1.72. The first kappa shape index (κ1) is 15.2. The maximum Gasteiger partial charge on any atom is 0.222 e. The van der Waals surface area contributed by atoms with Crippen LogP contribution in [0.3, 0.4) is 0 Å². The van der Waals surface area contributed by atoms with Gasteiger partial charge < -0.3 is 9.64 Å². The van der Waals surface area contributed by atoms with Gasteiger partial charge in [-0.05, 0) is 26.1 Å². The van der Waals surface area contributed by atoms with Crippen LogP contribution in [-0.2, 0) is 0 Å². The fourth-order valence-electron chi connectivity index (χ4n) is 2.62. The van der Waals surface area contributed by atoms with Crippen LogP contribution in [0.5, 0.6) is 5.88 Å². The monoisotopic (exact) mass is 315 g/mol. The number of likely N-dealkylation sites (N-methyl/N-ethyl adjacent to an activating group) is 1. The molecule has 4 nitrogen and oxygen atoms in total. The number of benzene rings is 1. The van der Waals surface area contributed by atoms with Gasteiger partial charge in [-0.2, -0.15) is 0 Å². The minimum absolute atomic E-state index is 0.655. The topological polar surface area (TPSA) is 38.2 Å². The summed E-state index contributed by atoms with van der Waals surface area (Å²) in [5, 5.41) is 3.20. The quantitative estimate of drug-likeness (QED) is 0.692. The number of pyridine rings is 1. The predicted molar refractivity (Wildman–Crippen MR) is 92.9 cm³/mol. The minimum Gasteiger partial charge on any atom is -0.476 e. The first-order valence-corrected chi connectivity index (χ1v) is 8.55. The Morgan fingerprint density at radius 1 is 1.09 bits per heavy atom. The normalized spacial score (nSPS) is 11.6. The Bertz CT molecular complexity index is 780. The van der Waals surface area contributed by atoms with Crippen LogP contribution in [0.25, 0.3) is 21.1 Å². The molecule has 116 valence electrons. The lowest BCUT2D eigenvalue weighted by Gasteiger charge is -2.18. The molecule has 22 heavy (non-hydrogen) atoms. The maximum absolute atomic E-state index is 6.00. The van der Waals surface area contributed by atoms with Gasteiger partial charge >= 0.3 is 0 Å². The van der Waals surface area contributed by atoms with Gasteiger partial charge in [0.1, 0.15) is 17.0 Å². The molecule has 0 atom stereocenters. The van der Waals surface area contributed by atoms with E-state index >= 15 is 0 Å². The van der Waals surface area contributed by atoms with Gasteiger partial charge in [0.2, 0.25) is 5.88 Å². The van der Waals surface area contributed by atoms with E-state index in [4.69, 9.17) is 4.74 Å². The van der Waals surface area contributed by atoms with Crippen molar-refractivity contribution in [2.45, 2.75) is 20.8 Å². The molecule has 2 heterocycles. The van der Waals surface area contributed by atoms with E-state index in [-0.39, 0.29) is 0 Å². The van der Waals surface area contributed by atoms with Crippen LogP contribution in [0.2, 0.25) is 0 Å². The third-order valence-electron chi connectivity index (χ3n) is 3.87. The van der Waals surface area contributed by atoms with Crippen molar-refractivity contribution in [3.8, 4) is 5.88 Å². The Morgan fingerprint density at radius 3 is 2.55 bits per heavy atom. The van der Waals surface area contributed by atoms with Gasteiger partial charge in [0.25, 0.3) is 0 Å². The molecule has 0 saturated carbocycles. The molecule has 1 aromatic carbocycles. The van der Waals surface area contributed by atoms with Crippen LogP contribution in [0.4, 0.5) is 0 Å². The molecule has 5 heteroatoms. The predicted octanol–water partition coefficient (Wildman–Crippen LogP) is 3.87. The highest BCUT2D eigenvalue weighted by atomic mass is 32.1. The van der Waals surface area contributed by atoms with E-state index in [1.54, 1.807) is 11.3 Å². The molecule has 0 saturated heterocycles. The molecule has 0 aliphatic heterocycles. The highest BCUT2D eigenvalue weighted by molar-refractivity contribution is 7.18. The van der Waals surface area contributed by atoms with Gasteiger partial charge in [-0.1, -0.05) is 43.4 Å². The molecule has 3 aromatic rings. The second-order valence-corrected chi connectivity index (χ2v) is 6.41. The van der Waals surface area contributed by atoms with Gasteiger partial charge in [0.15, 0.2) is 0 Å². The van der Waals surface area contributed by atoms with Gasteiger partial charge in [-0.3, -0.25) is 0 Å². The highest BCUT2D eigenvalue weighted by Crippen LogP contribution is 2.32. The highest BCUT2D eigenvalue weighted by Gasteiger charge is 2.12. The molecule has 0 fully saturated rings. The average molecular weight is 315 g/mol. The molecule has 0 bridgehead atoms. The lowest BCUT2D eigenvalue weighted by Crippen LogP contribution is -2.28. The zero-order valence-electron chi connectivity index (χ0n) is 13.3. The number of ether oxygens (including phenoxy) is 1. The fourth-order valence-corrected chi connectivity index (χ4v) is 3.41. The van der Waals surface area contributed by atoms with Crippen molar-refractivity contribution in [3.05, 3.63) is 29.3 Å². The lowest BCUT2D eigenvalue weighted by atomic mass is 10.1. The van der Waals surface area contributed by atoms with E-state index in [0.29, 0.717) is 6.61 Å². The maximum atomic E-state index is 6.00. The number of rotatable bonds is 6. The minimum atomic E-state index is 0.655. The first-order valence-electron chi connectivity index (χ1n) is 7.74. The average Bonchev–Trinajstić information content (AvgIpc) is 2.92. The molecule has 0 aliphatic carbocycles. The van der Waals surface area contributed by atoms with Crippen molar-refractivity contribution < 1.29 is 4.74 Å². The molecule has 0 N–H and O–H groups in total. The molecule has 0 spiro atoms. The van der Waals surface area contributed by atoms with Crippen LogP contribution < -0.4 is 4.74 Å². The van der Waals surface area contributed by atoms with E-state index < -0.39 is 0 Å². The molecule has 0 amide bonds. The number of hydrogen-bond acceptors (Lipinski definition) is 5. The summed E-state index contributed by atoms with van der Waals surface area (Å²) < 4.78 is 6.00. The van der Waals surface area contributed by atoms with Crippen LogP contribution >= 0.6 is 11.3 Å². The summed E-state index contributed by atoms with van der Waals surface area (Å²) >= 11 is 1.62. The van der Waals surface area contributed by atoms with E-state index in [1.165, 1.54) is 0 Å². The molecule has 2 aromatic heterocycles. The molecular weight excluding hydrogens is 294 g/mol. The third-order valence-corrected chi connectivity index (χ3v) is 4.74. The van der Waals surface area contributed by atoms with Gasteiger partial charge in [0.05, 0.1) is 5.01 Å². The Kier molecular flexibility index (Phi) is 4.55. The van der Waals surface area contributed by atoms with Crippen LogP contribution in [0, 0.1) is 6.92 Å². The van der Waals surface area contributed by atoms with Gasteiger partial charge in [-0.25, -0.2) is 9.97 Å². The summed E-state index contributed by atoms with van der Waals surface area (Å²) in [6, 6.07) is 8.21. The largest absolute Gasteiger partial charge is 0.476 e. The van der Waals surface area contributed by atoms with Crippen molar-refractivity contribution in [1.82, 2.24) is 14.9 Å². The zero-order valence-corrected chi connectivity index (χ0v) is 14.1. The van der Waals surface area contributed by atoms with Crippen LogP contribution in [0.1, 0.15) is 18.9 Å². The summed E-state index contributed by atoms with van der Waals surface area (Å²) in [6.45, 7) is 10.0. The number of hydrogen-bond donors (Lipinski definition) is 0. The fraction of sp³-hybridized carbons (Fsp3) is 0.412. The van der Waals surface area contributed by atoms with Gasteiger partial charge in [0, 0.05) is 17.3 Å². The van der Waals surface area contributed by atoms with Crippen LogP contribution in [-0.4, -0.2) is 41.1 Å². The summed E-state index contributed by atoms with van der Waals surface area (Å²) in [5.41, 5.74) is 0.981. The number of aryl methyl sites for hydroxylation is 1. The van der Waals surface area contributed by atoms with E-state index in [0.717, 1.165) is 51.6 Å². The van der Waals surface area contributed by atoms with E-state index in [2.05, 4.69) is 40.8 Å². The molecule has 0 radical (unpaired) electrons. The number of thiazole rings is 1. The molecular formula is C17H21N3OS. The Balaban J connectivity index is 1.93. The Morgan fingerprint density at radius 2 is 1.82 bits per heavy atom. The smallest absolute Gasteiger partial charge is 0.222 e. The standard InChI is InChI=1S/C17H21N3OS/c1-4-20(5-2)10-11-21-16-14-9-7-6-8-13(14)15-17(19-16)22-12(3)18-15/h6-9H,4-5,10-11H2,1-3H3. The lowest BCUT2D eigenvalue weighted by molar-refractivity contribution is 0.220. The van der Waals surface area contributed by atoms with E-state index in [1.807, 2.05) is 19.1 Å². The molecule has 0 unspecified atom stereocenters. The van der Waals surface area contributed by atoms with Crippen molar-refractivity contribution >= 4 is 32.5 Å². The summed E-state index contributed by atoms with van der Waals surface area (Å²) in [5.74, 6) is 0.721. The van der Waals surface area contributed by atoms with Gasteiger partial charge in [-0.15, -0.1) is 0 Å². The number of nitrogens with zero attached hydrogens (tertiary/aromatic N) is 3. The van der Waals surface area contributed by atoms with Crippen molar-refractivity contribution in [3.63, 3.8) is 0 Å². The molecule has 0 aliphatic rings. The van der Waals surface area contributed by atoms with Crippen LogP contribution in [0.15, 0.2) is 24.3 Å². The second-order valence-electron chi connectivity index (χ2n) is 5.22. The van der Waals surface area contributed by atoms with Crippen molar-refractivity contribution in [1.29, 1.82) is 0 Å². The van der Waals surface area contributed by atoms with Crippen molar-refractivity contribution in [2.75, 3.05) is 26.2 Å². The Labute approximate surface area is 134 Å². The summed E-state index contributed by atoms with van der Waals surface area (Å²) in [7, 11) is 0.